The Morgan fingerprint density at radius 2 is 1.69 bits per heavy atom. The number of hydrogen-bond donors (Lipinski definition) is 0. The SMILES string of the molecule is Cc1cc(F)ccc1-c1c(Oc2ccc(C(C)C)cc2)c2ccccc2oc1=O. The van der Waals surface area contributed by atoms with Gasteiger partial charge in [0.2, 0.25) is 0 Å². The highest BCUT2D eigenvalue weighted by Crippen LogP contribution is 2.38. The highest BCUT2D eigenvalue weighted by molar-refractivity contribution is 5.91. The molecule has 29 heavy (non-hydrogen) atoms. The van der Waals surface area contributed by atoms with Crippen molar-refractivity contribution in [1.29, 1.82) is 0 Å². The summed E-state index contributed by atoms with van der Waals surface area (Å²) in [5.41, 5.74) is 2.62. The topological polar surface area (TPSA) is 39.4 Å². The highest BCUT2D eigenvalue weighted by atomic mass is 19.1. The lowest BCUT2D eigenvalue weighted by molar-refractivity contribution is 0.477. The van der Waals surface area contributed by atoms with E-state index in [-0.39, 0.29) is 11.4 Å². The van der Waals surface area contributed by atoms with E-state index in [9.17, 15) is 9.18 Å². The number of halogens is 1. The van der Waals surface area contributed by atoms with Gasteiger partial charge >= 0.3 is 5.63 Å². The van der Waals surface area contributed by atoms with Crippen molar-refractivity contribution < 1.29 is 13.5 Å². The van der Waals surface area contributed by atoms with E-state index in [1.807, 2.05) is 36.4 Å². The van der Waals surface area contributed by atoms with E-state index in [2.05, 4.69) is 13.8 Å². The van der Waals surface area contributed by atoms with Crippen LogP contribution in [0.15, 0.2) is 75.9 Å². The predicted octanol–water partition coefficient (Wildman–Crippen LogP) is 6.82. The lowest BCUT2D eigenvalue weighted by atomic mass is 9.99. The minimum Gasteiger partial charge on any atom is -0.456 e. The molecule has 0 saturated carbocycles. The van der Waals surface area contributed by atoms with Crippen LogP contribution in [0.25, 0.3) is 22.1 Å². The number of aryl methyl sites for hydroxylation is 1. The van der Waals surface area contributed by atoms with Gasteiger partial charge < -0.3 is 9.15 Å². The standard InChI is InChI=1S/C25H21FO3/c1-15(2)17-8-11-19(12-9-17)28-24-21-6-4-5-7-22(21)29-25(27)23(24)20-13-10-18(26)14-16(20)3/h4-15H,1-3H3. The van der Waals surface area contributed by atoms with Crippen LogP contribution in [0, 0.1) is 12.7 Å². The second kappa shape index (κ2) is 7.55. The summed E-state index contributed by atoms with van der Waals surface area (Å²) in [6, 6.07) is 19.3. The smallest absolute Gasteiger partial charge is 0.348 e. The Morgan fingerprint density at radius 3 is 2.38 bits per heavy atom. The van der Waals surface area contributed by atoms with Crippen molar-refractivity contribution in [2.24, 2.45) is 0 Å². The third-order valence-electron chi connectivity index (χ3n) is 4.99. The van der Waals surface area contributed by atoms with E-state index >= 15 is 0 Å². The van der Waals surface area contributed by atoms with Gasteiger partial charge in [-0.1, -0.05) is 44.2 Å². The molecule has 0 amide bonds. The Labute approximate surface area is 168 Å². The zero-order chi connectivity index (χ0) is 20.5. The van der Waals surface area contributed by atoms with Gasteiger partial charge in [-0.2, -0.15) is 0 Å². The summed E-state index contributed by atoms with van der Waals surface area (Å²) in [5, 5.41) is 0.679. The number of fused-ring (bicyclic) bond motifs is 1. The van der Waals surface area contributed by atoms with E-state index in [4.69, 9.17) is 9.15 Å². The monoisotopic (exact) mass is 388 g/mol. The first-order valence-electron chi connectivity index (χ1n) is 9.54. The van der Waals surface area contributed by atoms with Crippen molar-refractivity contribution in [3.8, 4) is 22.6 Å². The summed E-state index contributed by atoms with van der Waals surface area (Å²) < 4.78 is 25.4. The number of hydrogen-bond acceptors (Lipinski definition) is 3. The van der Waals surface area contributed by atoms with Crippen LogP contribution in [0.5, 0.6) is 11.5 Å². The van der Waals surface area contributed by atoms with Crippen molar-refractivity contribution in [3.63, 3.8) is 0 Å². The molecule has 4 aromatic rings. The average Bonchev–Trinajstić information content (AvgIpc) is 2.69. The third-order valence-corrected chi connectivity index (χ3v) is 4.99. The summed E-state index contributed by atoms with van der Waals surface area (Å²) in [5.74, 6) is 1.07. The maximum Gasteiger partial charge on any atom is 0.348 e. The zero-order valence-electron chi connectivity index (χ0n) is 16.5. The molecule has 146 valence electrons. The molecule has 0 spiro atoms. The van der Waals surface area contributed by atoms with Crippen LogP contribution in [0.1, 0.15) is 30.9 Å². The fourth-order valence-corrected chi connectivity index (χ4v) is 3.41. The van der Waals surface area contributed by atoms with Gasteiger partial charge in [0.05, 0.1) is 5.39 Å². The van der Waals surface area contributed by atoms with Gasteiger partial charge in [0.25, 0.3) is 0 Å². The first-order chi connectivity index (χ1) is 13.9. The Balaban J connectivity index is 1.94. The van der Waals surface area contributed by atoms with Gasteiger partial charge in [-0.25, -0.2) is 9.18 Å². The van der Waals surface area contributed by atoms with E-state index in [0.717, 1.165) is 0 Å². The molecule has 0 saturated heterocycles. The summed E-state index contributed by atoms with van der Waals surface area (Å²) in [6.45, 7) is 6.01. The van der Waals surface area contributed by atoms with Gasteiger partial charge in [-0.3, -0.25) is 0 Å². The quantitative estimate of drug-likeness (QED) is 0.360. The number of ether oxygens (including phenoxy) is 1. The zero-order valence-corrected chi connectivity index (χ0v) is 16.5. The van der Waals surface area contributed by atoms with Crippen molar-refractivity contribution in [2.75, 3.05) is 0 Å². The second-order valence-corrected chi connectivity index (χ2v) is 7.37. The lowest BCUT2D eigenvalue weighted by Gasteiger charge is -2.15. The molecule has 4 rings (SSSR count). The van der Waals surface area contributed by atoms with Crippen LogP contribution >= 0.6 is 0 Å². The van der Waals surface area contributed by atoms with E-state index in [1.54, 1.807) is 25.1 Å². The van der Waals surface area contributed by atoms with Gasteiger partial charge in [0.1, 0.15) is 22.7 Å². The van der Waals surface area contributed by atoms with Gasteiger partial charge in [0.15, 0.2) is 5.75 Å². The number of para-hydroxylation sites is 1. The van der Waals surface area contributed by atoms with Gasteiger partial charge in [-0.15, -0.1) is 0 Å². The molecule has 3 aromatic carbocycles. The molecule has 1 aromatic heterocycles. The minimum absolute atomic E-state index is 0.286. The molecular formula is C25H21FO3. The molecule has 0 aliphatic heterocycles. The summed E-state index contributed by atoms with van der Waals surface area (Å²) in [7, 11) is 0. The first-order valence-corrected chi connectivity index (χ1v) is 9.54. The van der Waals surface area contributed by atoms with Crippen molar-refractivity contribution in [2.45, 2.75) is 26.7 Å². The Kier molecular flexibility index (Phi) is 4.93. The highest BCUT2D eigenvalue weighted by Gasteiger charge is 2.20. The van der Waals surface area contributed by atoms with Crippen LogP contribution in [-0.2, 0) is 0 Å². The van der Waals surface area contributed by atoms with Gasteiger partial charge in [-0.05, 0) is 65.9 Å². The molecule has 0 unspecified atom stereocenters. The summed E-state index contributed by atoms with van der Waals surface area (Å²) in [4.78, 5) is 12.9. The van der Waals surface area contributed by atoms with Gasteiger partial charge in [0, 0.05) is 0 Å². The number of benzene rings is 3. The fraction of sp³-hybridized carbons (Fsp3) is 0.160. The second-order valence-electron chi connectivity index (χ2n) is 7.37. The molecule has 0 atom stereocenters. The van der Waals surface area contributed by atoms with E-state index in [0.29, 0.717) is 39.5 Å². The summed E-state index contributed by atoms with van der Waals surface area (Å²) >= 11 is 0. The molecule has 0 bridgehead atoms. The molecule has 3 nitrogen and oxygen atoms in total. The van der Waals surface area contributed by atoms with Crippen LogP contribution < -0.4 is 10.4 Å². The van der Waals surface area contributed by atoms with E-state index in [1.165, 1.54) is 17.7 Å². The summed E-state index contributed by atoms with van der Waals surface area (Å²) in [6.07, 6.45) is 0. The average molecular weight is 388 g/mol. The van der Waals surface area contributed by atoms with Crippen molar-refractivity contribution in [3.05, 3.63) is 94.1 Å². The molecular weight excluding hydrogens is 367 g/mol. The first kappa shape index (κ1) is 18.9. The van der Waals surface area contributed by atoms with Crippen LogP contribution in [0.2, 0.25) is 0 Å². The molecule has 0 N–H and O–H groups in total. The molecule has 0 radical (unpaired) electrons. The third kappa shape index (κ3) is 3.66. The maximum absolute atomic E-state index is 13.6. The largest absolute Gasteiger partial charge is 0.456 e. The minimum atomic E-state index is -0.521. The van der Waals surface area contributed by atoms with Crippen molar-refractivity contribution >= 4 is 11.0 Å². The normalized spacial score (nSPS) is 11.2. The van der Waals surface area contributed by atoms with Crippen LogP contribution in [0.3, 0.4) is 0 Å². The predicted molar refractivity (Wildman–Crippen MR) is 113 cm³/mol. The number of rotatable bonds is 4. The molecule has 0 aliphatic carbocycles. The van der Waals surface area contributed by atoms with Crippen LogP contribution in [-0.4, -0.2) is 0 Å². The molecule has 4 heteroatoms. The lowest BCUT2D eigenvalue weighted by Crippen LogP contribution is -2.07. The molecule has 1 heterocycles. The molecule has 0 fully saturated rings. The van der Waals surface area contributed by atoms with Crippen molar-refractivity contribution in [1.82, 2.24) is 0 Å². The van der Waals surface area contributed by atoms with E-state index < -0.39 is 5.63 Å². The maximum atomic E-state index is 13.6. The Morgan fingerprint density at radius 1 is 0.966 bits per heavy atom. The molecule has 0 aliphatic rings. The Hall–Kier alpha value is -3.40. The Bertz CT molecular complexity index is 1240. The van der Waals surface area contributed by atoms with Crippen LogP contribution in [0.4, 0.5) is 4.39 Å². The fourth-order valence-electron chi connectivity index (χ4n) is 3.41.